The Bertz CT molecular complexity index is 802. The first-order chi connectivity index (χ1) is 12.5. The van der Waals surface area contributed by atoms with E-state index in [0.29, 0.717) is 29.7 Å². The number of methoxy groups -OCH3 is 2. The Morgan fingerprint density at radius 1 is 1.31 bits per heavy atom. The molecule has 9 heteroatoms. The smallest absolute Gasteiger partial charge is 0.343 e. The van der Waals surface area contributed by atoms with Gasteiger partial charge in [-0.05, 0) is 24.1 Å². The van der Waals surface area contributed by atoms with Crippen LogP contribution >= 0.6 is 11.8 Å². The lowest BCUT2D eigenvalue weighted by Crippen LogP contribution is -2.28. The second kappa shape index (κ2) is 9.33. The Hall–Kier alpha value is -2.42. The molecule has 0 aliphatic heterocycles. The van der Waals surface area contributed by atoms with Crippen LogP contribution in [-0.2, 0) is 17.9 Å². The summed E-state index contributed by atoms with van der Waals surface area (Å²) in [5, 5.41) is 6.94. The van der Waals surface area contributed by atoms with Gasteiger partial charge in [-0.15, -0.1) is 5.10 Å². The number of carbonyl (C=O) groups is 1. The summed E-state index contributed by atoms with van der Waals surface area (Å²) in [6.07, 6.45) is 0.820. The summed E-state index contributed by atoms with van der Waals surface area (Å²) in [5.41, 5.74) is 0.687. The molecule has 26 heavy (non-hydrogen) atoms. The van der Waals surface area contributed by atoms with E-state index in [9.17, 15) is 9.59 Å². The molecule has 0 bridgehead atoms. The van der Waals surface area contributed by atoms with E-state index >= 15 is 0 Å². The Kier molecular flexibility index (Phi) is 7.14. The predicted octanol–water partition coefficient (Wildman–Crippen LogP) is 1.75. The van der Waals surface area contributed by atoms with E-state index in [-0.39, 0.29) is 17.3 Å². The number of amides is 1. The normalized spacial score (nSPS) is 10.6. The Labute approximate surface area is 156 Å². The molecule has 0 radical (unpaired) electrons. The van der Waals surface area contributed by atoms with Crippen LogP contribution in [0.1, 0.15) is 18.9 Å². The van der Waals surface area contributed by atoms with E-state index < -0.39 is 0 Å². The summed E-state index contributed by atoms with van der Waals surface area (Å²) in [6.45, 7) is 3.01. The van der Waals surface area contributed by atoms with E-state index in [2.05, 4.69) is 10.2 Å². The van der Waals surface area contributed by atoms with E-state index in [1.807, 2.05) is 25.1 Å². The van der Waals surface area contributed by atoms with Crippen LogP contribution in [-0.4, -0.2) is 52.6 Å². The first-order valence-electron chi connectivity index (χ1n) is 8.23. The molecule has 0 spiro atoms. The van der Waals surface area contributed by atoms with Crippen molar-refractivity contribution in [1.82, 2.24) is 19.7 Å². The molecule has 0 aliphatic rings. The van der Waals surface area contributed by atoms with Crippen LogP contribution in [0.25, 0.3) is 0 Å². The molecule has 1 aromatic carbocycles. The fourth-order valence-corrected chi connectivity index (χ4v) is 3.32. The Balaban J connectivity index is 1.97. The van der Waals surface area contributed by atoms with Gasteiger partial charge < -0.3 is 14.4 Å². The summed E-state index contributed by atoms with van der Waals surface area (Å²) in [4.78, 5) is 25.7. The van der Waals surface area contributed by atoms with Crippen molar-refractivity contribution in [3.8, 4) is 11.5 Å². The van der Waals surface area contributed by atoms with Gasteiger partial charge in [-0.2, -0.15) is 0 Å². The monoisotopic (exact) mass is 380 g/mol. The zero-order chi connectivity index (χ0) is 19.1. The highest BCUT2D eigenvalue weighted by Gasteiger charge is 2.15. The maximum absolute atomic E-state index is 12.4. The third-order valence-corrected chi connectivity index (χ3v) is 4.75. The van der Waals surface area contributed by atoms with Gasteiger partial charge >= 0.3 is 5.69 Å². The molecular formula is C17H24N4O4S. The van der Waals surface area contributed by atoms with Gasteiger partial charge in [0.25, 0.3) is 0 Å². The number of thioether (sulfide) groups is 1. The van der Waals surface area contributed by atoms with Gasteiger partial charge in [-0.3, -0.25) is 9.36 Å². The van der Waals surface area contributed by atoms with Gasteiger partial charge in [-0.1, -0.05) is 24.8 Å². The maximum atomic E-state index is 12.4. The zero-order valence-electron chi connectivity index (χ0n) is 15.4. The summed E-state index contributed by atoms with van der Waals surface area (Å²) < 4.78 is 12.1. The molecule has 0 saturated carbocycles. The molecule has 8 nitrogen and oxygen atoms in total. The standard InChI is InChI=1S/C17H24N4O4S/c1-5-8-21-16(23)18-19-17(21)26-11-15(22)20(2)10-12-6-7-13(24-3)14(9-12)25-4/h6-7,9H,5,8,10-11H2,1-4H3,(H,18,23). The fraction of sp³-hybridized carbons (Fsp3) is 0.471. The van der Waals surface area contributed by atoms with E-state index in [1.54, 1.807) is 30.7 Å². The van der Waals surface area contributed by atoms with Crippen LogP contribution in [0.5, 0.6) is 11.5 Å². The van der Waals surface area contributed by atoms with Crippen LogP contribution < -0.4 is 15.2 Å². The number of carbonyl (C=O) groups excluding carboxylic acids is 1. The van der Waals surface area contributed by atoms with Gasteiger partial charge in [0.05, 0.1) is 20.0 Å². The average Bonchev–Trinajstić information content (AvgIpc) is 2.99. The second-order valence-electron chi connectivity index (χ2n) is 5.69. The number of aromatic amines is 1. The number of H-pyrrole nitrogens is 1. The van der Waals surface area contributed by atoms with Crippen LogP contribution in [0.2, 0.25) is 0 Å². The minimum Gasteiger partial charge on any atom is -0.493 e. The van der Waals surface area contributed by atoms with Gasteiger partial charge in [0.15, 0.2) is 16.7 Å². The van der Waals surface area contributed by atoms with E-state index in [4.69, 9.17) is 9.47 Å². The van der Waals surface area contributed by atoms with Crippen molar-refractivity contribution < 1.29 is 14.3 Å². The van der Waals surface area contributed by atoms with Gasteiger partial charge in [0.1, 0.15) is 0 Å². The number of nitrogens with zero attached hydrogens (tertiary/aromatic N) is 3. The number of hydrogen-bond acceptors (Lipinski definition) is 6. The highest BCUT2D eigenvalue weighted by molar-refractivity contribution is 7.99. The van der Waals surface area contributed by atoms with Crippen molar-refractivity contribution in [1.29, 1.82) is 0 Å². The maximum Gasteiger partial charge on any atom is 0.343 e. The van der Waals surface area contributed by atoms with Gasteiger partial charge in [0.2, 0.25) is 5.91 Å². The molecular weight excluding hydrogens is 356 g/mol. The first kappa shape index (κ1) is 19.9. The minimum atomic E-state index is -0.250. The zero-order valence-corrected chi connectivity index (χ0v) is 16.3. The van der Waals surface area contributed by atoms with Crippen molar-refractivity contribution in [2.24, 2.45) is 0 Å². The molecule has 142 valence electrons. The largest absolute Gasteiger partial charge is 0.493 e. The highest BCUT2D eigenvalue weighted by atomic mass is 32.2. The van der Waals surface area contributed by atoms with Crippen LogP contribution in [0.15, 0.2) is 28.2 Å². The van der Waals surface area contributed by atoms with Gasteiger partial charge in [-0.25, -0.2) is 9.89 Å². The summed E-state index contributed by atoms with van der Waals surface area (Å²) in [5.74, 6) is 1.43. The SMILES string of the molecule is CCCn1c(SCC(=O)N(C)Cc2ccc(OC)c(OC)c2)n[nH]c1=O. The summed E-state index contributed by atoms with van der Waals surface area (Å²) in [6, 6.07) is 5.56. The quantitative estimate of drug-likeness (QED) is 0.667. The molecule has 1 aromatic heterocycles. The number of ether oxygens (including phenoxy) is 2. The minimum absolute atomic E-state index is 0.0525. The summed E-state index contributed by atoms with van der Waals surface area (Å²) >= 11 is 1.25. The molecule has 1 N–H and O–H groups in total. The van der Waals surface area contributed by atoms with Crippen molar-refractivity contribution >= 4 is 17.7 Å². The van der Waals surface area contributed by atoms with Crippen molar-refractivity contribution in [3.05, 3.63) is 34.2 Å². The molecule has 2 rings (SSSR count). The lowest BCUT2D eigenvalue weighted by molar-refractivity contribution is -0.127. The van der Waals surface area contributed by atoms with Gasteiger partial charge in [0, 0.05) is 20.1 Å². The number of rotatable bonds is 9. The third kappa shape index (κ3) is 4.81. The number of hydrogen-bond donors (Lipinski definition) is 1. The van der Waals surface area contributed by atoms with Crippen molar-refractivity contribution in [3.63, 3.8) is 0 Å². The molecule has 0 saturated heterocycles. The van der Waals surface area contributed by atoms with E-state index in [0.717, 1.165) is 12.0 Å². The Morgan fingerprint density at radius 2 is 2.04 bits per heavy atom. The number of aromatic nitrogens is 3. The summed E-state index contributed by atoms with van der Waals surface area (Å²) in [7, 11) is 4.90. The predicted molar refractivity (Wildman–Crippen MR) is 99.9 cm³/mol. The van der Waals surface area contributed by atoms with Crippen molar-refractivity contribution in [2.75, 3.05) is 27.0 Å². The number of nitrogens with one attached hydrogen (secondary N) is 1. The first-order valence-corrected chi connectivity index (χ1v) is 9.21. The lowest BCUT2D eigenvalue weighted by atomic mass is 10.2. The Morgan fingerprint density at radius 3 is 2.69 bits per heavy atom. The van der Waals surface area contributed by atoms with Crippen LogP contribution in [0, 0.1) is 0 Å². The van der Waals surface area contributed by atoms with Crippen LogP contribution in [0.3, 0.4) is 0 Å². The molecule has 2 aromatic rings. The average molecular weight is 380 g/mol. The molecule has 1 heterocycles. The molecule has 0 unspecified atom stereocenters. The second-order valence-corrected chi connectivity index (χ2v) is 6.63. The molecule has 0 aliphatic carbocycles. The molecule has 0 atom stereocenters. The van der Waals surface area contributed by atoms with Crippen LogP contribution in [0.4, 0.5) is 0 Å². The molecule has 1 amide bonds. The number of benzene rings is 1. The highest BCUT2D eigenvalue weighted by Crippen LogP contribution is 2.28. The lowest BCUT2D eigenvalue weighted by Gasteiger charge is -2.18. The van der Waals surface area contributed by atoms with Crippen molar-refractivity contribution in [2.45, 2.75) is 31.6 Å². The molecule has 0 fully saturated rings. The topological polar surface area (TPSA) is 89.4 Å². The van der Waals surface area contributed by atoms with E-state index in [1.165, 1.54) is 11.8 Å². The fourth-order valence-electron chi connectivity index (χ4n) is 2.41. The third-order valence-electron chi connectivity index (χ3n) is 3.79.